The van der Waals surface area contributed by atoms with Gasteiger partial charge in [-0.25, -0.2) is 0 Å². The van der Waals surface area contributed by atoms with Crippen LogP contribution in [0, 0.1) is 25.7 Å². The van der Waals surface area contributed by atoms with E-state index >= 15 is 0 Å². The summed E-state index contributed by atoms with van der Waals surface area (Å²) >= 11 is 0. The van der Waals surface area contributed by atoms with Crippen LogP contribution in [0.4, 0.5) is 0 Å². The van der Waals surface area contributed by atoms with E-state index in [4.69, 9.17) is 15.0 Å². The van der Waals surface area contributed by atoms with Crippen LogP contribution >= 0.6 is 0 Å². The Bertz CT molecular complexity index is 1460. The first-order valence-electron chi connectivity index (χ1n) is 16.0. The Kier molecular flexibility index (Phi) is 10.5. The van der Waals surface area contributed by atoms with E-state index in [9.17, 15) is 14.4 Å². The molecule has 10 heteroatoms. The number of benzene rings is 2. The second kappa shape index (κ2) is 14.7. The molecule has 240 valence electrons. The minimum absolute atomic E-state index is 0.185. The molecule has 1 aromatic heterocycles. The smallest absolute Gasteiger partial charge is 0.276 e. The van der Waals surface area contributed by atoms with Crippen molar-refractivity contribution in [2.24, 2.45) is 17.6 Å². The fourth-order valence-corrected chi connectivity index (χ4v) is 6.57. The average Bonchev–Trinajstić information content (AvgIpc) is 3.52. The topological polar surface area (TPSA) is 131 Å². The number of hydrogen-bond acceptors (Lipinski definition) is 7. The van der Waals surface area contributed by atoms with Crippen LogP contribution in [0.5, 0.6) is 5.75 Å². The van der Waals surface area contributed by atoms with Crippen LogP contribution in [0.1, 0.15) is 76.3 Å². The highest BCUT2D eigenvalue weighted by molar-refractivity contribution is 5.98. The fraction of sp³-hybridized carbons (Fsp3) is 0.486. The molecule has 10 nitrogen and oxygen atoms in total. The molecule has 1 saturated heterocycles. The van der Waals surface area contributed by atoms with Crippen molar-refractivity contribution in [2.75, 3.05) is 26.7 Å². The number of rotatable bonds is 10. The zero-order valence-electron chi connectivity index (χ0n) is 26.5. The summed E-state index contributed by atoms with van der Waals surface area (Å²) in [4.78, 5) is 45.1. The van der Waals surface area contributed by atoms with Gasteiger partial charge in [-0.15, -0.1) is 0 Å². The first-order valence-corrected chi connectivity index (χ1v) is 16.0. The summed E-state index contributed by atoms with van der Waals surface area (Å²) in [5, 5.41) is 7.18. The van der Waals surface area contributed by atoms with Gasteiger partial charge in [-0.05, 0) is 101 Å². The van der Waals surface area contributed by atoms with Crippen molar-refractivity contribution in [3.05, 3.63) is 82.7 Å². The number of ether oxygens (including phenoxy) is 1. The number of likely N-dealkylation sites (tertiary alicyclic amines) is 1. The predicted molar refractivity (Wildman–Crippen MR) is 171 cm³/mol. The molecular weight excluding hydrogens is 570 g/mol. The first kappa shape index (κ1) is 32.2. The van der Waals surface area contributed by atoms with Gasteiger partial charge in [0, 0.05) is 37.3 Å². The lowest BCUT2D eigenvalue weighted by Crippen LogP contribution is -2.58. The monoisotopic (exact) mass is 615 g/mol. The lowest BCUT2D eigenvalue weighted by atomic mass is 9.82. The van der Waals surface area contributed by atoms with E-state index in [1.807, 2.05) is 43.3 Å². The van der Waals surface area contributed by atoms with Gasteiger partial charge in [0.2, 0.25) is 5.91 Å². The summed E-state index contributed by atoms with van der Waals surface area (Å²) in [5.74, 6) is 1.51. The highest BCUT2D eigenvalue weighted by Gasteiger charge is 2.40. The van der Waals surface area contributed by atoms with Gasteiger partial charge >= 0.3 is 0 Å². The lowest BCUT2D eigenvalue weighted by molar-refractivity contribution is -0.127. The van der Waals surface area contributed by atoms with Crippen LogP contribution < -0.4 is 15.8 Å². The third-order valence-electron chi connectivity index (χ3n) is 9.34. The molecule has 2 atom stereocenters. The van der Waals surface area contributed by atoms with E-state index in [0.717, 1.165) is 36.8 Å². The summed E-state index contributed by atoms with van der Waals surface area (Å²) in [6.07, 6.45) is 5.02. The van der Waals surface area contributed by atoms with Crippen LogP contribution in [0.15, 0.2) is 59.1 Å². The standard InChI is InChI=1S/C35H45N5O5/c1-23-7-13-28(14-8-23)34(42)39-16-15-29(19-32(39)33(41)37-21-26-11-9-25(20-36)10-12-26)40(35(43)31-17-24(2)45-38-31)22-27-5-4-6-30(18-27)44-3/h4-8,13-14,17-18,25-26,29,32H,9-12,15-16,19-22,36H2,1-3H3,(H,37,41)/t25?,26?,29?,32-/m1/s1. The molecule has 2 aromatic carbocycles. The van der Waals surface area contributed by atoms with Gasteiger partial charge in [-0.3, -0.25) is 14.4 Å². The third-order valence-corrected chi connectivity index (χ3v) is 9.34. The molecule has 3 N–H and O–H groups in total. The Hall–Kier alpha value is -4.18. The number of methoxy groups -OCH3 is 1. The van der Waals surface area contributed by atoms with Crippen molar-refractivity contribution in [1.29, 1.82) is 0 Å². The van der Waals surface area contributed by atoms with Crippen LogP contribution in [0.25, 0.3) is 0 Å². The number of nitrogens with two attached hydrogens (primary N) is 1. The highest BCUT2D eigenvalue weighted by Crippen LogP contribution is 2.30. The average molecular weight is 616 g/mol. The minimum atomic E-state index is -0.738. The Balaban J connectivity index is 1.40. The van der Waals surface area contributed by atoms with Crippen molar-refractivity contribution < 1.29 is 23.6 Å². The van der Waals surface area contributed by atoms with Crippen LogP contribution in [0.2, 0.25) is 0 Å². The molecule has 1 aliphatic carbocycles. The van der Waals surface area contributed by atoms with Gasteiger partial charge in [-0.1, -0.05) is 35.0 Å². The van der Waals surface area contributed by atoms with Crippen molar-refractivity contribution in [2.45, 2.75) is 71.0 Å². The maximum atomic E-state index is 13.9. The molecule has 0 radical (unpaired) electrons. The minimum Gasteiger partial charge on any atom is -0.497 e. The number of nitrogens with one attached hydrogen (secondary N) is 1. The zero-order chi connectivity index (χ0) is 31.9. The maximum absolute atomic E-state index is 13.9. The molecule has 1 aliphatic heterocycles. The van der Waals surface area contributed by atoms with Gasteiger partial charge in [-0.2, -0.15) is 0 Å². The Morgan fingerprint density at radius 2 is 1.76 bits per heavy atom. The van der Waals surface area contributed by atoms with E-state index in [1.54, 1.807) is 42.0 Å². The number of amides is 3. The van der Waals surface area contributed by atoms with Crippen molar-refractivity contribution in [3.63, 3.8) is 0 Å². The number of hydrogen-bond donors (Lipinski definition) is 2. The molecule has 2 heterocycles. The molecule has 0 spiro atoms. The SMILES string of the molecule is COc1cccc(CN(C(=O)c2cc(C)on2)C2CCN(C(=O)c3ccc(C)cc3)[C@@H](C(=O)NCC3CCC(CN)CC3)C2)c1. The molecule has 3 amide bonds. The molecule has 1 saturated carbocycles. The highest BCUT2D eigenvalue weighted by atomic mass is 16.5. The first-order chi connectivity index (χ1) is 21.7. The summed E-state index contributed by atoms with van der Waals surface area (Å²) in [6.45, 7) is 5.61. The largest absolute Gasteiger partial charge is 0.497 e. The molecule has 45 heavy (non-hydrogen) atoms. The van der Waals surface area contributed by atoms with E-state index in [-0.39, 0.29) is 36.0 Å². The predicted octanol–water partition coefficient (Wildman–Crippen LogP) is 4.50. The van der Waals surface area contributed by atoms with Gasteiger partial charge in [0.05, 0.1) is 7.11 Å². The number of carbonyl (C=O) groups excluding carboxylic acids is 3. The van der Waals surface area contributed by atoms with Crippen LogP contribution in [-0.2, 0) is 11.3 Å². The summed E-state index contributed by atoms with van der Waals surface area (Å²) in [7, 11) is 1.61. The summed E-state index contributed by atoms with van der Waals surface area (Å²) in [5.41, 5.74) is 8.57. The third kappa shape index (κ3) is 7.92. The quantitative estimate of drug-likeness (QED) is 0.344. The number of carbonyl (C=O) groups is 3. The molecule has 2 aliphatic rings. The van der Waals surface area contributed by atoms with Crippen molar-refractivity contribution >= 4 is 17.7 Å². The van der Waals surface area contributed by atoms with E-state index in [2.05, 4.69) is 10.5 Å². The number of nitrogens with zero attached hydrogens (tertiary/aromatic N) is 3. The molecular formula is C35H45N5O5. The molecule has 2 fully saturated rings. The van der Waals surface area contributed by atoms with E-state index < -0.39 is 6.04 Å². The Morgan fingerprint density at radius 3 is 2.42 bits per heavy atom. The number of aryl methyl sites for hydroxylation is 2. The maximum Gasteiger partial charge on any atom is 0.276 e. The molecule has 3 aromatic rings. The summed E-state index contributed by atoms with van der Waals surface area (Å²) < 4.78 is 10.7. The van der Waals surface area contributed by atoms with Crippen molar-refractivity contribution in [1.82, 2.24) is 20.3 Å². The van der Waals surface area contributed by atoms with Gasteiger partial charge in [0.25, 0.3) is 11.8 Å². The molecule has 1 unspecified atom stereocenters. The normalized spacial score (nSPS) is 21.6. The van der Waals surface area contributed by atoms with Crippen molar-refractivity contribution in [3.8, 4) is 5.75 Å². The summed E-state index contributed by atoms with van der Waals surface area (Å²) in [6, 6.07) is 15.6. The fourth-order valence-electron chi connectivity index (χ4n) is 6.57. The zero-order valence-corrected chi connectivity index (χ0v) is 26.5. The second-order valence-electron chi connectivity index (χ2n) is 12.5. The van der Waals surface area contributed by atoms with Crippen LogP contribution in [0.3, 0.4) is 0 Å². The van der Waals surface area contributed by atoms with Gasteiger partial charge in [0.15, 0.2) is 5.69 Å². The number of piperidine rings is 1. The Morgan fingerprint density at radius 1 is 1.02 bits per heavy atom. The molecule has 5 rings (SSSR count). The number of aromatic nitrogens is 1. The van der Waals surface area contributed by atoms with E-state index in [1.165, 1.54) is 0 Å². The molecule has 0 bridgehead atoms. The Labute approximate surface area is 265 Å². The lowest BCUT2D eigenvalue weighted by Gasteiger charge is -2.43. The second-order valence-corrected chi connectivity index (χ2v) is 12.5. The van der Waals surface area contributed by atoms with Gasteiger partial charge < -0.3 is 30.1 Å². The van der Waals surface area contributed by atoms with E-state index in [0.29, 0.717) is 61.4 Å². The van der Waals surface area contributed by atoms with Crippen LogP contribution in [-0.4, -0.2) is 71.5 Å². The van der Waals surface area contributed by atoms with Gasteiger partial charge in [0.1, 0.15) is 17.6 Å².